The molecule has 0 aliphatic heterocycles. The third-order valence-electron chi connectivity index (χ3n) is 3.95. The summed E-state index contributed by atoms with van der Waals surface area (Å²) in [5.41, 5.74) is 6.59. The van der Waals surface area contributed by atoms with Gasteiger partial charge in [-0.1, -0.05) is 13.8 Å². The van der Waals surface area contributed by atoms with Crippen molar-refractivity contribution in [2.24, 2.45) is 5.41 Å². The molecule has 19 heavy (non-hydrogen) atoms. The Balaban J connectivity index is 2.19. The number of nitrogens with one attached hydrogen (secondary N) is 1. The average molecular weight is 268 g/mol. The Hall–Kier alpha value is -1.49. The molecular formula is C14H21FN2O2. The lowest BCUT2D eigenvalue weighted by Crippen LogP contribution is -2.56. The van der Waals surface area contributed by atoms with Gasteiger partial charge in [-0.15, -0.1) is 0 Å². The van der Waals surface area contributed by atoms with Crippen molar-refractivity contribution < 1.29 is 14.2 Å². The summed E-state index contributed by atoms with van der Waals surface area (Å²) < 4.78 is 18.8. The summed E-state index contributed by atoms with van der Waals surface area (Å²) in [6.45, 7) is 6.17. The molecule has 5 heteroatoms. The maximum atomic E-state index is 13.6. The number of halogens is 1. The molecule has 1 aromatic carbocycles. The van der Waals surface area contributed by atoms with Gasteiger partial charge in [0.15, 0.2) is 11.6 Å². The van der Waals surface area contributed by atoms with Crippen LogP contribution in [0.3, 0.4) is 0 Å². The van der Waals surface area contributed by atoms with Gasteiger partial charge in [0.1, 0.15) is 0 Å². The maximum Gasteiger partial charge on any atom is 0.167 e. The van der Waals surface area contributed by atoms with Crippen LogP contribution in [0.5, 0.6) is 5.75 Å². The van der Waals surface area contributed by atoms with Crippen molar-refractivity contribution in [1.82, 2.24) is 0 Å². The third kappa shape index (κ3) is 2.47. The van der Waals surface area contributed by atoms with E-state index in [0.717, 1.165) is 0 Å². The van der Waals surface area contributed by atoms with E-state index in [4.69, 9.17) is 10.5 Å². The Labute approximate surface area is 112 Å². The van der Waals surface area contributed by atoms with E-state index in [9.17, 15) is 9.50 Å². The zero-order valence-electron chi connectivity index (χ0n) is 11.5. The van der Waals surface area contributed by atoms with E-state index in [1.165, 1.54) is 6.07 Å². The highest BCUT2D eigenvalue weighted by atomic mass is 19.1. The lowest BCUT2D eigenvalue weighted by Gasteiger charge is -2.50. The van der Waals surface area contributed by atoms with Gasteiger partial charge in [0.2, 0.25) is 0 Å². The van der Waals surface area contributed by atoms with Gasteiger partial charge in [-0.25, -0.2) is 4.39 Å². The van der Waals surface area contributed by atoms with E-state index < -0.39 is 5.82 Å². The number of benzene rings is 1. The minimum Gasteiger partial charge on any atom is -0.491 e. The van der Waals surface area contributed by atoms with Gasteiger partial charge in [-0.2, -0.15) is 0 Å². The number of hydrogen-bond acceptors (Lipinski definition) is 4. The molecule has 1 aliphatic rings. The number of anilines is 2. The Bertz CT molecular complexity index is 477. The second-order valence-electron chi connectivity index (χ2n) is 5.57. The fourth-order valence-electron chi connectivity index (χ4n) is 2.30. The minimum absolute atomic E-state index is 0.115. The molecule has 4 nitrogen and oxygen atoms in total. The van der Waals surface area contributed by atoms with E-state index >= 15 is 0 Å². The van der Waals surface area contributed by atoms with Crippen LogP contribution >= 0.6 is 0 Å². The molecule has 0 radical (unpaired) electrons. The van der Waals surface area contributed by atoms with Crippen molar-refractivity contribution in [2.45, 2.75) is 39.3 Å². The van der Waals surface area contributed by atoms with Crippen LogP contribution in [0.25, 0.3) is 0 Å². The van der Waals surface area contributed by atoms with Crippen molar-refractivity contribution in [1.29, 1.82) is 0 Å². The standard InChI is InChI=1S/C14H21FN2O2/c1-4-19-11-6-10(9(16)5-8(11)15)17-12-7-13(18)14(12,2)3/h5-6,12-13,17-18H,4,7,16H2,1-3H3. The fraction of sp³-hybridized carbons (Fsp3) is 0.571. The summed E-state index contributed by atoms with van der Waals surface area (Å²) in [6.07, 6.45) is 0.339. The molecule has 4 N–H and O–H groups in total. The average Bonchev–Trinajstić information content (AvgIpc) is 2.34. The Morgan fingerprint density at radius 2 is 2.21 bits per heavy atom. The van der Waals surface area contributed by atoms with Crippen LogP contribution in [0, 0.1) is 11.2 Å². The van der Waals surface area contributed by atoms with E-state index in [0.29, 0.717) is 24.4 Å². The highest BCUT2D eigenvalue weighted by Gasteiger charge is 2.47. The molecule has 0 bridgehead atoms. The number of ether oxygens (including phenoxy) is 1. The smallest absolute Gasteiger partial charge is 0.167 e. The Morgan fingerprint density at radius 3 is 2.74 bits per heavy atom. The summed E-state index contributed by atoms with van der Waals surface area (Å²) in [6, 6.07) is 2.95. The first-order valence-electron chi connectivity index (χ1n) is 6.52. The summed E-state index contributed by atoms with van der Waals surface area (Å²) in [5, 5.41) is 13.0. The molecule has 1 fully saturated rings. The first kappa shape index (κ1) is 13.9. The monoisotopic (exact) mass is 268 g/mol. The minimum atomic E-state index is -0.460. The first-order chi connectivity index (χ1) is 8.86. The van der Waals surface area contributed by atoms with E-state index in [-0.39, 0.29) is 23.3 Å². The van der Waals surface area contributed by atoms with Crippen LogP contribution in [0.15, 0.2) is 12.1 Å². The summed E-state index contributed by atoms with van der Waals surface area (Å²) in [4.78, 5) is 0. The number of hydrogen-bond donors (Lipinski definition) is 3. The molecule has 2 atom stereocenters. The van der Waals surface area contributed by atoms with Gasteiger partial charge in [-0.3, -0.25) is 0 Å². The lowest BCUT2D eigenvalue weighted by molar-refractivity contribution is -0.0510. The molecule has 0 amide bonds. The van der Waals surface area contributed by atoms with E-state index in [1.807, 2.05) is 13.8 Å². The number of nitrogen functional groups attached to an aromatic ring is 1. The molecule has 0 spiro atoms. The van der Waals surface area contributed by atoms with Crippen molar-refractivity contribution in [3.05, 3.63) is 17.9 Å². The SMILES string of the molecule is CCOc1cc(NC2CC(O)C2(C)C)c(N)cc1F. The molecular weight excluding hydrogens is 247 g/mol. The van der Waals surface area contributed by atoms with Gasteiger partial charge in [0, 0.05) is 23.6 Å². The first-order valence-corrected chi connectivity index (χ1v) is 6.52. The topological polar surface area (TPSA) is 67.5 Å². The normalized spacial score (nSPS) is 24.7. The molecule has 106 valence electrons. The van der Waals surface area contributed by atoms with E-state index in [1.54, 1.807) is 13.0 Å². The van der Waals surface area contributed by atoms with Gasteiger partial charge in [0.05, 0.1) is 24.1 Å². The number of aliphatic hydroxyl groups is 1. The molecule has 0 aromatic heterocycles. The predicted molar refractivity (Wildman–Crippen MR) is 73.8 cm³/mol. The van der Waals surface area contributed by atoms with Crippen molar-refractivity contribution in [3.8, 4) is 5.75 Å². The van der Waals surface area contributed by atoms with Crippen LogP contribution in [-0.2, 0) is 0 Å². The van der Waals surface area contributed by atoms with Gasteiger partial charge >= 0.3 is 0 Å². The number of nitrogens with two attached hydrogens (primary N) is 1. The largest absolute Gasteiger partial charge is 0.491 e. The van der Waals surface area contributed by atoms with Crippen LogP contribution in [0.1, 0.15) is 27.2 Å². The van der Waals surface area contributed by atoms with Gasteiger partial charge in [-0.05, 0) is 13.3 Å². The highest BCUT2D eigenvalue weighted by Crippen LogP contribution is 2.43. The van der Waals surface area contributed by atoms with Crippen LogP contribution in [0.4, 0.5) is 15.8 Å². The van der Waals surface area contributed by atoms with Crippen LogP contribution in [-0.4, -0.2) is 23.9 Å². The van der Waals surface area contributed by atoms with Gasteiger partial charge < -0.3 is 20.9 Å². The zero-order chi connectivity index (χ0) is 14.2. The molecule has 2 rings (SSSR count). The lowest BCUT2D eigenvalue weighted by atomic mass is 9.64. The van der Waals surface area contributed by atoms with Crippen molar-refractivity contribution >= 4 is 11.4 Å². The van der Waals surface area contributed by atoms with Crippen LogP contribution < -0.4 is 15.8 Å². The second kappa shape index (κ2) is 4.89. The molecule has 0 heterocycles. The van der Waals surface area contributed by atoms with E-state index in [2.05, 4.69) is 5.32 Å². The van der Waals surface area contributed by atoms with Crippen molar-refractivity contribution in [3.63, 3.8) is 0 Å². The summed E-state index contributed by atoms with van der Waals surface area (Å²) in [7, 11) is 0. The molecule has 0 saturated heterocycles. The maximum absolute atomic E-state index is 13.6. The zero-order valence-corrected chi connectivity index (χ0v) is 11.5. The number of aliphatic hydroxyl groups excluding tert-OH is 1. The fourth-order valence-corrected chi connectivity index (χ4v) is 2.30. The van der Waals surface area contributed by atoms with Gasteiger partial charge in [0.25, 0.3) is 0 Å². The highest BCUT2D eigenvalue weighted by molar-refractivity contribution is 5.69. The van der Waals surface area contributed by atoms with Crippen LogP contribution in [0.2, 0.25) is 0 Å². The third-order valence-corrected chi connectivity index (χ3v) is 3.95. The summed E-state index contributed by atoms with van der Waals surface area (Å²) >= 11 is 0. The Kier molecular flexibility index (Phi) is 3.58. The van der Waals surface area contributed by atoms with Crippen molar-refractivity contribution in [2.75, 3.05) is 17.7 Å². The quantitative estimate of drug-likeness (QED) is 0.733. The molecule has 1 aromatic rings. The predicted octanol–water partition coefficient (Wildman–Crippen LogP) is 2.38. The summed E-state index contributed by atoms with van der Waals surface area (Å²) in [5.74, 6) is -0.269. The number of rotatable bonds is 4. The molecule has 1 aliphatic carbocycles. The molecule has 1 saturated carbocycles. The second-order valence-corrected chi connectivity index (χ2v) is 5.57. The Morgan fingerprint density at radius 1 is 1.53 bits per heavy atom. The molecule has 2 unspecified atom stereocenters.